The van der Waals surface area contributed by atoms with Gasteiger partial charge in [-0.15, -0.1) is 0 Å². The number of H-pyrrole nitrogens is 1. The van der Waals surface area contributed by atoms with Gasteiger partial charge in [-0.05, 0) is 12.1 Å². The Bertz CT molecular complexity index is 366. The first kappa shape index (κ1) is 9.92. The highest BCUT2D eigenvalue weighted by atomic mass is 16.5. The fourth-order valence-corrected chi connectivity index (χ4v) is 1.54. The van der Waals surface area contributed by atoms with Gasteiger partial charge in [-0.2, -0.15) is 0 Å². The van der Waals surface area contributed by atoms with Crippen LogP contribution in [-0.2, 0) is 4.74 Å². The molecular formula is C10H12N2O3. The number of carbonyl (C=O) groups excluding carboxylic acids is 2. The van der Waals surface area contributed by atoms with Crippen LogP contribution in [-0.4, -0.2) is 48.4 Å². The average Bonchev–Trinajstić information content (AvgIpc) is 2.78. The molecule has 5 heteroatoms. The number of hydrogen-bond acceptors (Lipinski definition) is 3. The minimum absolute atomic E-state index is 0.0774. The van der Waals surface area contributed by atoms with Gasteiger partial charge in [-0.3, -0.25) is 9.59 Å². The Labute approximate surface area is 87.0 Å². The fourth-order valence-electron chi connectivity index (χ4n) is 1.54. The Kier molecular flexibility index (Phi) is 2.82. The number of hydrogen-bond donors (Lipinski definition) is 1. The molecule has 1 amide bonds. The number of ether oxygens (including phenoxy) is 1. The third kappa shape index (κ3) is 2.07. The van der Waals surface area contributed by atoms with E-state index in [1.54, 1.807) is 17.0 Å². The zero-order valence-electron chi connectivity index (χ0n) is 8.23. The highest BCUT2D eigenvalue weighted by Gasteiger charge is 2.19. The zero-order chi connectivity index (χ0) is 10.7. The Hall–Kier alpha value is -1.62. The lowest BCUT2D eigenvalue weighted by molar-refractivity contribution is 0.0299. The van der Waals surface area contributed by atoms with Gasteiger partial charge >= 0.3 is 0 Å². The Morgan fingerprint density at radius 1 is 1.40 bits per heavy atom. The van der Waals surface area contributed by atoms with E-state index in [1.165, 1.54) is 0 Å². The van der Waals surface area contributed by atoms with Gasteiger partial charge in [0.1, 0.15) is 5.69 Å². The van der Waals surface area contributed by atoms with Crippen LogP contribution in [0.15, 0.2) is 12.1 Å². The molecule has 1 aliphatic heterocycles. The zero-order valence-corrected chi connectivity index (χ0v) is 8.23. The van der Waals surface area contributed by atoms with Gasteiger partial charge in [-0.1, -0.05) is 0 Å². The van der Waals surface area contributed by atoms with Crippen LogP contribution in [0.1, 0.15) is 21.0 Å². The lowest BCUT2D eigenvalue weighted by Gasteiger charge is -2.26. The van der Waals surface area contributed by atoms with Crippen molar-refractivity contribution in [3.63, 3.8) is 0 Å². The number of nitrogens with one attached hydrogen (secondary N) is 1. The Balaban J connectivity index is 2.08. The average molecular weight is 208 g/mol. The van der Waals surface area contributed by atoms with E-state index in [9.17, 15) is 9.59 Å². The molecule has 0 unspecified atom stereocenters. The van der Waals surface area contributed by atoms with Crippen molar-refractivity contribution in [2.75, 3.05) is 26.3 Å². The summed E-state index contributed by atoms with van der Waals surface area (Å²) in [6.45, 7) is 2.36. The third-order valence-corrected chi connectivity index (χ3v) is 2.36. The number of aromatic nitrogens is 1. The summed E-state index contributed by atoms with van der Waals surface area (Å²) in [5.41, 5.74) is 0.880. The van der Waals surface area contributed by atoms with Crippen LogP contribution in [0.5, 0.6) is 0 Å². The quantitative estimate of drug-likeness (QED) is 0.711. The lowest BCUT2D eigenvalue weighted by Crippen LogP contribution is -2.40. The molecule has 1 fully saturated rings. The van der Waals surface area contributed by atoms with Gasteiger partial charge in [0.2, 0.25) is 0 Å². The maximum atomic E-state index is 11.9. The molecule has 5 nitrogen and oxygen atoms in total. The minimum Gasteiger partial charge on any atom is -0.378 e. The summed E-state index contributed by atoms with van der Waals surface area (Å²) in [7, 11) is 0. The number of rotatable bonds is 2. The van der Waals surface area contributed by atoms with Crippen LogP contribution in [0, 0.1) is 0 Å². The molecule has 2 heterocycles. The van der Waals surface area contributed by atoms with Crippen molar-refractivity contribution in [3.05, 3.63) is 23.5 Å². The molecule has 1 saturated heterocycles. The van der Waals surface area contributed by atoms with E-state index in [2.05, 4.69) is 4.98 Å². The second kappa shape index (κ2) is 4.27. The monoisotopic (exact) mass is 208 g/mol. The van der Waals surface area contributed by atoms with Gasteiger partial charge in [0.15, 0.2) is 6.29 Å². The molecule has 1 N–H and O–H groups in total. The normalized spacial score (nSPS) is 16.4. The second-order valence-corrected chi connectivity index (χ2v) is 3.35. The van der Waals surface area contributed by atoms with E-state index in [0.717, 1.165) is 0 Å². The molecule has 80 valence electrons. The Morgan fingerprint density at radius 2 is 2.13 bits per heavy atom. The van der Waals surface area contributed by atoms with Crippen LogP contribution < -0.4 is 0 Å². The summed E-state index contributed by atoms with van der Waals surface area (Å²) in [4.78, 5) is 26.8. The van der Waals surface area contributed by atoms with Crippen molar-refractivity contribution < 1.29 is 14.3 Å². The topological polar surface area (TPSA) is 62.4 Å². The molecule has 1 aromatic heterocycles. The fraction of sp³-hybridized carbons (Fsp3) is 0.400. The van der Waals surface area contributed by atoms with Crippen LogP contribution in [0.3, 0.4) is 0 Å². The van der Waals surface area contributed by atoms with Gasteiger partial charge < -0.3 is 14.6 Å². The van der Waals surface area contributed by atoms with E-state index in [4.69, 9.17) is 4.74 Å². The molecule has 0 spiro atoms. The van der Waals surface area contributed by atoms with Crippen molar-refractivity contribution in [2.24, 2.45) is 0 Å². The third-order valence-electron chi connectivity index (χ3n) is 2.36. The molecule has 0 aliphatic carbocycles. The van der Waals surface area contributed by atoms with Crippen molar-refractivity contribution >= 4 is 12.2 Å². The summed E-state index contributed by atoms with van der Waals surface area (Å²) in [5, 5.41) is 0. The van der Waals surface area contributed by atoms with Crippen LogP contribution in [0.25, 0.3) is 0 Å². The summed E-state index contributed by atoms with van der Waals surface area (Å²) in [6.07, 6.45) is 0.691. The smallest absolute Gasteiger partial charge is 0.270 e. The minimum atomic E-state index is -0.0774. The highest BCUT2D eigenvalue weighted by molar-refractivity contribution is 5.93. The first-order valence-electron chi connectivity index (χ1n) is 4.82. The van der Waals surface area contributed by atoms with E-state index >= 15 is 0 Å². The van der Waals surface area contributed by atoms with Gasteiger partial charge in [0, 0.05) is 13.1 Å². The Morgan fingerprint density at radius 3 is 2.73 bits per heavy atom. The van der Waals surface area contributed by atoms with Crippen molar-refractivity contribution in [1.29, 1.82) is 0 Å². The predicted molar refractivity (Wildman–Crippen MR) is 52.9 cm³/mol. The first-order valence-corrected chi connectivity index (χ1v) is 4.82. The summed E-state index contributed by atoms with van der Waals surface area (Å²) >= 11 is 0. The SMILES string of the molecule is O=Cc1ccc(C(=O)N2CCOCC2)[nH]1. The second-order valence-electron chi connectivity index (χ2n) is 3.35. The number of morpholine rings is 1. The van der Waals surface area contributed by atoms with Crippen LogP contribution in [0.4, 0.5) is 0 Å². The molecule has 0 saturated carbocycles. The molecule has 2 rings (SSSR count). The van der Waals surface area contributed by atoms with Gasteiger partial charge in [-0.25, -0.2) is 0 Å². The molecular weight excluding hydrogens is 196 g/mol. The molecule has 15 heavy (non-hydrogen) atoms. The molecule has 0 atom stereocenters. The lowest BCUT2D eigenvalue weighted by atomic mass is 10.3. The summed E-state index contributed by atoms with van der Waals surface area (Å²) in [5.74, 6) is -0.0774. The summed E-state index contributed by atoms with van der Waals surface area (Å²) in [6, 6.07) is 3.22. The van der Waals surface area contributed by atoms with Crippen molar-refractivity contribution in [1.82, 2.24) is 9.88 Å². The number of carbonyl (C=O) groups is 2. The highest BCUT2D eigenvalue weighted by Crippen LogP contribution is 2.06. The van der Waals surface area contributed by atoms with Gasteiger partial charge in [0.25, 0.3) is 5.91 Å². The molecule has 0 radical (unpaired) electrons. The molecule has 0 aromatic carbocycles. The number of amides is 1. The van der Waals surface area contributed by atoms with Crippen LogP contribution in [0.2, 0.25) is 0 Å². The molecule has 1 aromatic rings. The van der Waals surface area contributed by atoms with Crippen molar-refractivity contribution in [3.8, 4) is 0 Å². The van der Waals surface area contributed by atoms with Gasteiger partial charge in [0.05, 0.1) is 18.9 Å². The summed E-state index contributed by atoms with van der Waals surface area (Å²) < 4.78 is 5.15. The number of nitrogens with zero attached hydrogens (tertiary/aromatic N) is 1. The van der Waals surface area contributed by atoms with E-state index in [1.807, 2.05) is 0 Å². The predicted octanol–water partition coefficient (Wildman–Crippen LogP) is 0.300. The van der Waals surface area contributed by atoms with E-state index < -0.39 is 0 Å². The maximum absolute atomic E-state index is 11.9. The number of aromatic amines is 1. The van der Waals surface area contributed by atoms with Crippen molar-refractivity contribution in [2.45, 2.75) is 0 Å². The molecule has 0 bridgehead atoms. The van der Waals surface area contributed by atoms with E-state index in [-0.39, 0.29) is 5.91 Å². The number of aldehydes is 1. The standard InChI is InChI=1S/C10H12N2O3/c13-7-8-1-2-9(11-8)10(14)12-3-5-15-6-4-12/h1-2,7,11H,3-6H2. The molecule has 1 aliphatic rings. The van der Waals surface area contributed by atoms with Crippen LogP contribution >= 0.6 is 0 Å². The van der Waals surface area contributed by atoms with E-state index in [0.29, 0.717) is 44.0 Å². The largest absolute Gasteiger partial charge is 0.378 e. The first-order chi connectivity index (χ1) is 7.31. The maximum Gasteiger partial charge on any atom is 0.270 e.